The van der Waals surface area contributed by atoms with Crippen molar-refractivity contribution in [1.82, 2.24) is 4.90 Å². The summed E-state index contributed by atoms with van der Waals surface area (Å²) in [7, 11) is 1.57. The number of amides is 1. The van der Waals surface area contributed by atoms with Crippen LogP contribution in [0.4, 0.5) is 0 Å². The van der Waals surface area contributed by atoms with Gasteiger partial charge in [-0.1, -0.05) is 0 Å². The van der Waals surface area contributed by atoms with Crippen molar-refractivity contribution in [1.29, 1.82) is 0 Å². The minimum absolute atomic E-state index is 0.0666. The normalized spacial score (nSPS) is 20.8. The zero-order valence-electron chi connectivity index (χ0n) is 9.65. The van der Waals surface area contributed by atoms with Crippen molar-refractivity contribution in [2.24, 2.45) is 5.92 Å². The number of carbonyl (C=O) groups is 2. The van der Waals surface area contributed by atoms with Gasteiger partial charge in [-0.2, -0.15) is 0 Å². The molecular formula is C11H19NO4. The summed E-state index contributed by atoms with van der Waals surface area (Å²) in [5, 5.41) is 8.71. The van der Waals surface area contributed by atoms with Crippen molar-refractivity contribution in [3.63, 3.8) is 0 Å². The van der Waals surface area contributed by atoms with Gasteiger partial charge in [-0.3, -0.25) is 9.59 Å². The van der Waals surface area contributed by atoms with Crippen molar-refractivity contribution in [3.8, 4) is 0 Å². The third-order valence-corrected chi connectivity index (χ3v) is 2.86. The van der Waals surface area contributed by atoms with Gasteiger partial charge < -0.3 is 14.7 Å². The van der Waals surface area contributed by atoms with E-state index < -0.39 is 5.97 Å². The summed E-state index contributed by atoms with van der Waals surface area (Å²) in [5.41, 5.74) is 0. The van der Waals surface area contributed by atoms with Gasteiger partial charge in [-0.15, -0.1) is 0 Å². The van der Waals surface area contributed by atoms with Crippen LogP contribution < -0.4 is 0 Å². The maximum Gasteiger partial charge on any atom is 0.303 e. The number of piperidine rings is 1. The quantitative estimate of drug-likeness (QED) is 0.755. The number of hydrogen-bond donors (Lipinski definition) is 1. The van der Waals surface area contributed by atoms with Crippen LogP contribution in [0.2, 0.25) is 0 Å². The summed E-state index contributed by atoms with van der Waals surface area (Å²) in [4.78, 5) is 24.0. The van der Waals surface area contributed by atoms with E-state index in [0.29, 0.717) is 19.6 Å². The second-order valence-electron chi connectivity index (χ2n) is 4.19. The highest BCUT2D eigenvalue weighted by Gasteiger charge is 2.24. The SMILES string of the molecule is COCCC(=O)N1CCCC(CC(=O)O)C1. The molecule has 1 saturated heterocycles. The van der Waals surface area contributed by atoms with Crippen molar-refractivity contribution < 1.29 is 19.4 Å². The lowest BCUT2D eigenvalue weighted by Gasteiger charge is -2.32. The predicted octanol–water partition coefficient (Wildman–Crippen LogP) is 0.736. The number of methoxy groups -OCH3 is 1. The van der Waals surface area contributed by atoms with E-state index in [0.717, 1.165) is 19.4 Å². The lowest BCUT2D eigenvalue weighted by Crippen LogP contribution is -2.40. The number of aliphatic carboxylic acids is 1. The van der Waals surface area contributed by atoms with E-state index in [2.05, 4.69) is 0 Å². The van der Waals surface area contributed by atoms with E-state index in [1.54, 1.807) is 12.0 Å². The van der Waals surface area contributed by atoms with Gasteiger partial charge in [-0.05, 0) is 18.8 Å². The average molecular weight is 229 g/mol. The highest BCUT2D eigenvalue weighted by atomic mass is 16.5. The van der Waals surface area contributed by atoms with Crippen LogP contribution in [0.3, 0.4) is 0 Å². The number of ether oxygens (including phenoxy) is 1. The number of hydrogen-bond acceptors (Lipinski definition) is 3. The Balaban J connectivity index is 2.37. The van der Waals surface area contributed by atoms with Crippen molar-refractivity contribution in [2.45, 2.75) is 25.7 Å². The monoisotopic (exact) mass is 229 g/mol. The van der Waals surface area contributed by atoms with Crippen LogP contribution in [0, 0.1) is 5.92 Å². The van der Waals surface area contributed by atoms with Crippen LogP contribution >= 0.6 is 0 Å². The molecule has 1 N–H and O–H groups in total. The fraction of sp³-hybridized carbons (Fsp3) is 0.818. The Bertz CT molecular complexity index is 254. The molecule has 92 valence electrons. The van der Waals surface area contributed by atoms with Gasteiger partial charge in [0.1, 0.15) is 0 Å². The van der Waals surface area contributed by atoms with Crippen LogP contribution in [0.25, 0.3) is 0 Å². The minimum atomic E-state index is -0.781. The Morgan fingerprint density at radius 1 is 1.50 bits per heavy atom. The van der Waals surface area contributed by atoms with Crippen molar-refractivity contribution >= 4 is 11.9 Å². The van der Waals surface area contributed by atoms with E-state index in [1.807, 2.05) is 0 Å². The Labute approximate surface area is 95.4 Å². The Morgan fingerprint density at radius 2 is 2.25 bits per heavy atom. The summed E-state index contributed by atoms with van der Waals surface area (Å²) in [6.07, 6.45) is 2.35. The molecule has 1 heterocycles. The number of likely N-dealkylation sites (tertiary alicyclic amines) is 1. The molecule has 1 aliphatic heterocycles. The number of rotatable bonds is 5. The van der Waals surface area contributed by atoms with E-state index in [4.69, 9.17) is 9.84 Å². The Morgan fingerprint density at radius 3 is 2.88 bits per heavy atom. The molecule has 0 radical (unpaired) electrons. The predicted molar refractivity (Wildman–Crippen MR) is 58.0 cm³/mol. The van der Waals surface area contributed by atoms with Gasteiger partial charge in [0.15, 0.2) is 0 Å². The Kier molecular flexibility index (Phi) is 5.25. The van der Waals surface area contributed by atoms with Crippen LogP contribution in [-0.2, 0) is 14.3 Å². The third kappa shape index (κ3) is 4.18. The molecule has 0 bridgehead atoms. The number of nitrogens with zero attached hydrogens (tertiary/aromatic N) is 1. The first kappa shape index (κ1) is 13.0. The van der Waals surface area contributed by atoms with Gasteiger partial charge in [-0.25, -0.2) is 0 Å². The molecule has 1 atom stereocenters. The standard InChI is InChI=1S/C11H19NO4/c1-16-6-4-10(13)12-5-2-3-9(8-12)7-11(14)15/h9H,2-8H2,1H3,(H,14,15). The molecule has 0 aliphatic carbocycles. The zero-order valence-corrected chi connectivity index (χ0v) is 9.65. The lowest BCUT2D eigenvalue weighted by atomic mass is 9.95. The van der Waals surface area contributed by atoms with E-state index >= 15 is 0 Å². The van der Waals surface area contributed by atoms with Crippen LogP contribution in [-0.4, -0.2) is 48.7 Å². The van der Waals surface area contributed by atoms with Crippen LogP contribution in [0.1, 0.15) is 25.7 Å². The molecule has 0 aromatic carbocycles. The van der Waals surface area contributed by atoms with Crippen LogP contribution in [0.5, 0.6) is 0 Å². The summed E-state index contributed by atoms with van der Waals surface area (Å²) in [6.45, 7) is 1.76. The van der Waals surface area contributed by atoms with Gasteiger partial charge in [0.2, 0.25) is 5.91 Å². The summed E-state index contributed by atoms with van der Waals surface area (Å²) in [6, 6.07) is 0. The maximum absolute atomic E-state index is 11.7. The topological polar surface area (TPSA) is 66.8 Å². The molecule has 1 rings (SSSR count). The van der Waals surface area contributed by atoms with Gasteiger partial charge >= 0.3 is 5.97 Å². The van der Waals surface area contributed by atoms with E-state index in [-0.39, 0.29) is 18.2 Å². The molecule has 5 nitrogen and oxygen atoms in total. The first-order valence-electron chi connectivity index (χ1n) is 5.62. The fourth-order valence-electron chi connectivity index (χ4n) is 2.05. The highest BCUT2D eigenvalue weighted by molar-refractivity contribution is 5.76. The number of carboxylic acids is 1. The summed E-state index contributed by atoms with van der Waals surface area (Å²) in [5.74, 6) is -0.606. The maximum atomic E-state index is 11.7. The summed E-state index contributed by atoms with van der Waals surface area (Å²) >= 11 is 0. The summed E-state index contributed by atoms with van der Waals surface area (Å²) < 4.78 is 4.85. The molecule has 1 fully saturated rings. The van der Waals surface area contributed by atoms with Gasteiger partial charge in [0.25, 0.3) is 0 Å². The van der Waals surface area contributed by atoms with Crippen molar-refractivity contribution in [3.05, 3.63) is 0 Å². The average Bonchev–Trinajstić information content (AvgIpc) is 2.25. The molecular weight excluding hydrogens is 210 g/mol. The highest BCUT2D eigenvalue weighted by Crippen LogP contribution is 2.20. The molecule has 1 aliphatic rings. The third-order valence-electron chi connectivity index (χ3n) is 2.86. The van der Waals surface area contributed by atoms with E-state index in [1.165, 1.54) is 0 Å². The first-order valence-corrected chi connectivity index (χ1v) is 5.62. The van der Waals surface area contributed by atoms with Gasteiger partial charge in [0, 0.05) is 26.6 Å². The largest absolute Gasteiger partial charge is 0.481 e. The molecule has 5 heteroatoms. The minimum Gasteiger partial charge on any atom is -0.481 e. The second-order valence-corrected chi connectivity index (χ2v) is 4.19. The molecule has 0 aromatic heterocycles. The van der Waals surface area contributed by atoms with E-state index in [9.17, 15) is 9.59 Å². The molecule has 1 amide bonds. The number of carbonyl (C=O) groups excluding carboxylic acids is 1. The molecule has 1 unspecified atom stereocenters. The second kappa shape index (κ2) is 6.48. The molecule has 0 aromatic rings. The first-order chi connectivity index (χ1) is 7.63. The Hall–Kier alpha value is -1.10. The van der Waals surface area contributed by atoms with Gasteiger partial charge in [0.05, 0.1) is 13.0 Å². The van der Waals surface area contributed by atoms with Crippen LogP contribution in [0.15, 0.2) is 0 Å². The molecule has 0 spiro atoms. The molecule has 0 saturated carbocycles. The van der Waals surface area contributed by atoms with Crippen molar-refractivity contribution in [2.75, 3.05) is 26.8 Å². The molecule has 16 heavy (non-hydrogen) atoms. The zero-order chi connectivity index (χ0) is 12.0. The smallest absolute Gasteiger partial charge is 0.303 e. The number of carboxylic acid groups (broad SMARTS) is 1. The fourth-order valence-corrected chi connectivity index (χ4v) is 2.05. The lowest BCUT2D eigenvalue weighted by molar-refractivity contribution is -0.141.